The zero-order valence-corrected chi connectivity index (χ0v) is 19.4. The van der Waals surface area contributed by atoms with Gasteiger partial charge in [-0.05, 0) is 88.8 Å². The van der Waals surface area contributed by atoms with E-state index in [1.54, 1.807) is 24.3 Å². The lowest BCUT2D eigenvalue weighted by molar-refractivity contribution is 0.0697. The fraction of sp³-hybridized carbons (Fsp3) is 0.148. The summed E-state index contributed by atoms with van der Waals surface area (Å²) in [6.45, 7) is 4.52. The second kappa shape index (κ2) is 8.71. The van der Waals surface area contributed by atoms with Crippen LogP contribution in [-0.4, -0.2) is 25.7 Å². The monoisotopic (exact) mass is 460 g/mol. The standard InChI is InChI=1S/C27H24O5S/c1-17-5-4-6-18(2)26(17)16-32-22-9-12-24-20(14-22)13-21(27(28)29)15-25(24)19-7-10-23(11-8-19)33(3,30)31/h4-15H,16H2,1-3H3,(H,28,29). The number of carbonyl (C=O) groups is 1. The Hall–Kier alpha value is -3.64. The molecule has 168 valence electrons. The maximum Gasteiger partial charge on any atom is 0.335 e. The first-order chi connectivity index (χ1) is 15.6. The number of carboxylic acids is 1. The molecule has 0 heterocycles. The molecule has 0 fully saturated rings. The molecule has 0 aliphatic carbocycles. The summed E-state index contributed by atoms with van der Waals surface area (Å²) in [6.07, 6.45) is 1.16. The highest BCUT2D eigenvalue weighted by molar-refractivity contribution is 7.90. The van der Waals surface area contributed by atoms with Gasteiger partial charge in [0.15, 0.2) is 9.84 Å². The number of sulfone groups is 1. The number of aromatic carboxylic acids is 1. The number of carboxylic acid groups (broad SMARTS) is 1. The summed E-state index contributed by atoms with van der Waals surface area (Å²) >= 11 is 0. The number of fused-ring (bicyclic) bond motifs is 1. The number of rotatable bonds is 6. The van der Waals surface area contributed by atoms with E-state index in [9.17, 15) is 18.3 Å². The van der Waals surface area contributed by atoms with Gasteiger partial charge in [-0.15, -0.1) is 0 Å². The molecule has 5 nitrogen and oxygen atoms in total. The highest BCUT2D eigenvalue weighted by atomic mass is 32.2. The first-order valence-electron chi connectivity index (χ1n) is 10.4. The largest absolute Gasteiger partial charge is 0.489 e. The minimum absolute atomic E-state index is 0.150. The minimum atomic E-state index is -3.32. The highest BCUT2D eigenvalue weighted by Crippen LogP contribution is 2.33. The quantitative estimate of drug-likeness (QED) is 0.393. The van der Waals surface area contributed by atoms with Crippen LogP contribution in [0.3, 0.4) is 0 Å². The van der Waals surface area contributed by atoms with Crippen LogP contribution in [0.15, 0.2) is 77.7 Å². The van der Waals surface area contributed by atoms with Crippen LogP contribution in [0.4, 0.5) is 0 Å². The van der Waals surface area contributed by atoms with Gasteiger partial charge in [0, 0.05) is 6.26 Å². The van der Waals surface area contributed by atoms with Gasteiger partial charge in [-0.2, -0.15) is 0 Å². The molecule has 0 saturated carbocycles. The smallest absolute Gasteiger partial charge is 0.335 e. The lowest BCUT2D eigenvalue weighted by Gasteiger charge is -2.14. The van der Waals surface area contributed by atoms with E-state index < -0.39 is 15.8 Å². The SMILES string of the molecule is Cc1cccc(C)c1COc1ccc2c(-c3ccc(S(C)(=O)=O)cc3)cc(C(=O)O)cc2c1. The zero-order valence-electron chi connectivity index (χ0n) is 18.6. The molecule has 0 aromatic heterocycles. The van der Waals surface area contributed by atoms with Crippen LogP contribution < -0.4 is 4.74 Å². The maximum absolute atomic E-state index is 11.8. The van der Waals surface area contributed by atoms with Crippen LogP contribution in [0, 0.1) is 13.8 Å². The van der Waals surface area contributed by atoms with Crippen molar-refractivity contribution in [2.75, 3.05) is 6.26 Å². The zero-order chi connectivity index (χ0) is 23.8. The summed E-state index contributed by atoms with van der Waals surface area (Å²) in [4.78, 5) is 12.0. The Kier molecular flexibility index (Phi) is 5.95. The summed E-state index contributed by atoms with van der Waals surface area (Å²) < 4.78 is 29.6. The topological polar surface area (TPSA) is 80.7 Å². The number of aryl methyl sites for hydroxylation is 2. The second-order valence-electron chi connectivity index (χ2n) is 8.17. The van der Waals surface area contributed by atoms with E-state index in [2.05, 4.69) is 0 Å². The average molecular weight is 461 g/mol. The Morgan fingerprint density at radius 1 is 0.909 bits per heavy atom. The minimum Gasteiger partial charge on any atom is -0.489 e. The molecule has 4 aromatic carbocycles. The van der Waals surface area contributed by atoms with Gasteiger partial charge >= 0.3 is 5.97 Å². The Labute approximate surface area is 193 Å². The molecule has 1 N–H and O–H groups in total. The van der Waals surface area contributed by atoms with Gasteiger partial charge in [-0.3, -0.25) is 0 Å². The molecule has 33 heavy (non-hydrogen) atoms. The molecule has 0 saturated heterocycles. The van der Waals surface area contributed by atoms with E-state index in [0.29, 0.717) is 17.9 Å². The summed E-state index contributed by atoms with van der Waals surface area (Å²) in [6, 6.07) is 21.4. The van der Waals surface area contributed by atoms with Crippen molar-refractivity contribution in [3.8, 4) is 16.9 Å². The van der Waals surface area contributed by atoms with Crippen molar-refractivity contribution >= 4 is 26.6 Å². The van der Waals surface area contributed by atoms with Gasteiger partial charge < -0.3 is 9.84 Å². The predicted octanol–water partition coefficient (Wildman–Crippen LogP) is 5.80. The molecule has 0 spiro atoms. The third-order valence-electron chi connectivity index (χ3n) is 5.79. The number of ether oxygens (including phenoxy) is 1. The van der Waals surface area contributed by atoms with E-state index in [1.807, 2.05) is 50.2 Å². The van der Waals surface area contributed by atoms with Gasteiger partial charge in [0.05, 0.1) is 10.5 Å². The van der Waals surface area contributed by atoms with Crippen LogP contribution in [0.5, 0.6) is 5.75 Å². The van der Waals surface area contributed by atoms with Crippen LogP contribution in [0.1, 0.15) is 27.0 Å². The fourth-order valence-corrected chi connectivity index (χ4v) is 4.54. The Morgan fingerprint density at radius 2 is 1.58 bits per heavy atom. The van der Waals surface area contributed by atoms with E-state index >= 15 is 0 Å². The van der Waals surface area contributed by atoms with Crippen LogP contribution in [0.2, 0.25) is 0 Å². The van der Waals surface area contributed by atoms with Gasteiger partial charge in [-0.1, -0.05) is 36.4 Å². The van der Waals surface area contributed by atoms with Crippen molar-refractivity contribution in [2.24, 2.45) is 0 Å². The summed E-state index contributed by atoms with van der Waals surface area (Å²) in [5.74, 6) is -0.390. The first-order valence-corrected chi connectivity index (χ1v) is 12.3. The Morgan fingerprint density at radius 3 is 2.18 bits per heavy atom. The lowest BCUT2D eigenvalue weighted by atomic mass is 9.95. The summed E-state index contributed by atoms with van der Waals surface area (Å²) in [7, 11) is -3.32. The van der Waals surface area contributed by atoms with Gasteiger partial charge in [0.25, 0.3) is 0 Å². The van der Waals surface area contributed by atoms with Crippen molar-refractivity contribution in [1.82, 2.24) is 0 Å². The predicted molar refractivity (Wildman–Crippen MR) is 130 cm³/mol. The van der Waals surface area contributed by atoms with Crippen LogP contribution in [0.25, 0.3) is 21.9 Å². The van der Waals surface area contributed by atoms with Crippen LogP contribution in [-0.2, 0) is 16.4 Å². The van der Waals surface area contributed by atoms with E-state index in [1.165, 1.54) is 12.1 Å². The average Bonchev–Trinajstić information content (AvgIpc) is 2.77. The van der Waals surface area contributed by atoms with E-state index in [4.69, 9.17) is 4.74 Å². The molecule has 4 rings (SSSR count). The number of hydrogen-bond acceptors (Lipinski definition) is 4. The maximum atomic E-state index is 11.8. The summed E-state index contributed by atoms with van der Waals surface area (Å²) in [5, 5.41) is 11.2. The molecular weight excluding hydrogens is 436 g/mol. The molecule has 0 bridgehead atoms. The fourth-order valence-electron chi connectivity index (χ4n) is 3.91. The molecule has 6 heteroatoms. The van der Waals surface area contributed by atoms with Gasteiger partial charge in [0.1, 0.15) is 12.4 Å². The molecule has 0 atom stereocenters. The van der Waals surface area contributed by atoms with Crippen molar-refractivity contribution < 1.29 is 23.1 Å². The molecule has 0 amide bonds. The molecule has 0 radical (unpaired) electrons. The van der Waals surface area contributed by atoms with Crippen molar-refractivity contribution in [3.05, 3.63) is 95.1 Å². The first kappa shape index (κ1) is 22.6. The molecule has 4 aromatic rings. The van der Waals surface area contributed by atoms with Gasteiger partial charge in [-0.25, -0.2) is 13.2 Å². The second-order valence-corrected chi connectivity index (χ2v) is 10.2. The van der Waals surface area contributed by atoms with E-state index in [0.717, 1.165) is 39.3 Å². The normalized spacial score (nSPS) is 11.5. The highest BCUT2D eigenvalue weighted by Gasteiger charge is 2.13. The van der Waals surface area contributed by atoms with E-state index in [-0.39, 0.29) is 10.5 Å². The Bertz CT molecular complexity index is 1450. The van der Waals surface area contributed by atoms with Crippen LogP contribution >= 0.6 is 0 Å². The van der Waals surface area contributed by atoms with Crippen molar-refractivity contribution in [3.63, 3.8) is 0 Å². The number of benzene rings is 4. The number of hydrogen-bond donors (Lipinski definition) is 1. The summed E-state index contributed by atoms with van der Waals surface area (Å²) in [5.41, 5.74) is 5.04. The van der Waals surface area contributed by atoms with Crippen molar-refractivity contribution in [2.45, 2.75) is 25.3 Å². The molecule has 0 aliphatic heterocycles. The molecular formula is C27H24O5S. The molecule has 0 aliphatic rings. The Balaban J connectivity index is 1.75. The third kappa shape index (κ3) is 4.76. The van der Waals surface area contributed by atoms with Gasteiger partial charge in [0.2, 0.25) is 0 Å². The molecule has 0 unspecified atom stereocenters. The third-order valence-corrected chi connectivity index (χ3v) is 6.92. The lowest BCUT2D eigenvalue weighted by Crippen LogP contribution is -2.01. The van der Waals surface area contributed by atoms with Crippen molar-refractivity contribution in [1.29, 1.82) is 0 Å².